The first-order chi connectivity index (χ1) is 10.2. The molecule has 0 atom stereocenters. The summed E-state index contributed by atoms with van der Waals surface area (Å²) in [6.07, 6.45) is 3.65. The quantitative estimate of drug-likeness (QED) is 0.841. The zero-order chi connectivity index (χ0) is 14.8. The van der Waals surface area contributed by atoms with Gasteiger partial charge in [0.2, 0.25) is 0 Å². The Labute approximate surface area is 125 Å². The van der Waals surface area contributed by atoms with E-state index in [2.05, 4.69) is 0 Å². The number of hydrogen-bond acceptors (Lipinski definition) is 3. The SMILES string of the molecule is CN1C(=C(O)/C=C/c2ccccc2)N(C)c2ccccc21. The van der Waals surface area contributed by atoms with Gasteiger partial charge in [-0.05, 0) is 23.8 Å². The number of nitrogens with zero attached hydrogens (tertiary/aromatic N) is 2. The van der Waals surface area contributed by atoms with Crippen LogP contribution in [-0.2, 0) is 0 Å². The number of para-hydroxylation sites is 2. The van der Waals surface area contributed by atoms with Crippen molar-refractivity contribution in [2.75, 3.05) is 23.9 Å². The van der Waals surface area contributed by atoms with Gasteiger partial charge in [0.25, 0.3) is 0 Å². The van der Waals surface area contributed by atoms with Crippen LogP contribution in [0, 0.1) is 0 Å². The summed E-state index contributed by atoms with van der Waals surface area (Å²) in [6, 6.07) is 18.1. The Morgan fingerprint density at radius 3 is 1.95 bits per heavy atom. The topological polar surface area (TPSA) is 26.7 Å². The average molecular weight is 278 g/mol. The van der Waals surface area contributed by atoms with Crippen LogP contribution >= 0.6 is 0 Å². The lowest BCUT2D eigenvalue weighted by Crippen LogP contribution is -2.23. The highest BCUT2D eigenvalue weighted by atomic mass is 16.3. The Hall–Kier alpha value is -2.68. The molecule has 0 saturated carbocycles. The van der Waals surface area contributed by atoms with Crippen LogP contribution < -0.4 is 9.80 Å². The maximum atomic E-state index is 10.4. The summed E-state index contributed by atoms with van der Waals surface area (Å²) in [6.45, 7) is 0. The predicted octanol–water partition coefficient (Wildman–Crippen LogP) is 4.01. The Balaban J connectivity index is 1.94. The molecule has 0 bridgehead atoms. The number of aliphatic hydroxyl groups is 1. The predicted molar refractivity (Wildman–Crippen MR) is 88.4 cm³/mol. The van der Waals surface area contributed by atoms with Gasteiger partial charge in [-0.3, -0.25) is 0 Å². The molecule has 0 spiro atoms. The number of rotatable bonds is 2. The first-order valence-electron chi connectivity index (χ1n) is 6.91. The van der Waals surface area contributed by atoms with Gasteiger partial charge >= 0.3 is 0 Å². The highest BCUT2D eigenvalue weighted by molar-refractivity contribution is 5.82. The van der Waals surface area contributed by atoms with Gasteiger partial charge in [0, 0.05) is 14.1 Å². The molecule has 21 heavy (non-hydrogen) atoms. The van der Waals surface area contributed by atoms with Crippen molar-refractivity contribution in [3.8, 4) is 0 Å². The first-order valence-corrected chi connectivity index (χ1v) is 6.91. The second-order valence-electron chi connectivity index (χ2n) is 5.06. The lowest BCUT2D eigenvalue weighted by molar-refractivity contribution is 0.423. The number of benzene rings is 2. The standard InChI is InChI=1S/C18H18N2O/c1-19-15-10-6-7-11-16(15)20(2)18(19)17(21)13-12-14-8-4-3-5-9-14/h3-13,21H,1-2H3/b13-12+. The molecule has 2 aromatic rings. The van der Waals surface area contributed by atoms with Crippen molar-refractivity contribution in [3.05, 3.63) is 77.8 Å². The maximum Gasteiger partial charge on any atom is 0.156 e. The largest absolute Gasteiger partial charge is 0.504 e. The van der Waals surface area contributed by atoms with Crippen molar-refractivity contribution in [2.24, 2.45) is 0 Å². The molecule has 3 rings (SSSR count). The summed E-state index contributed by atoms with van der Waals surface area (Å²) in [4.78, 5) is 4.00. The smallest absolute Gasteiger partial charge is 0.156 e. The van der Waals surface area contributed by atoms with E-state index < -0.39 is 0 Å². The molecule has 1 aliphatic heterocycles. The van der Waals surface area contributed by atoms with Crippen LogP contribution in [0.1, 0.15) is 5.56 Å². The third-order valence-corrected chi connectivity index (χ3v) is 3.70. The highest BCUT2D eigenvalue weighted by Gasteiger charge is 2.27. The maximum absolute atomic E-state index is 10.4. The summed E-state index contributed by atoms with van der Waals surface area (Å²) in [5, 5.41) is 10.4. The van der Waals surface area contributed by atoms with Crippen LogP contribution in [0.5, 0.6) is 0 Å². The molecule has 2 aromatic carbocycles. The number of aliphatic hydroxyl groups excluding tert-OH is 1. The lowest BCUT2D eigenvalue weighted by Gasteiger charge is -2.19. The molecule has 106 valence electrons. The summed E-state index contributed by atoms with van der Waals surface area (Å²) >= 11 is 0. The molecule has 0 fully saturated rings. The van der Waals surface area contributed by atoms with E-state index in [1.807, 2.05) is 84.6 Å². The van der Waals surface area contributed by atoms with Gasteiger partial charge in [-0.2, -0.15) is 0 Å². The second-order valence-corrected chi connectivity index (χ2v) is 5.06. The van der Waals surface area contributed by atoms with Crippen molar-refractivity contribution >= 4 is 17.5 Å². The third-order valence-electron chi connectivity index (χ3n) is 3.70. The zero-order valence-corrected chi connectivity index (χ0v) is 12.2. The van der Waals surface area contributed by atoms with Crippen LogP contribution in [-0.4, -0.2) is 19.2 Å². The van der Waals surface area contributed by atoms with E-state index in [4.69, 9.17) is 0 Å². The molecule has 3 heteroatoms. The molecule has 3 nitrogen and oxygen atoms in total. The Morgan fingerprint density at radius 1 is 0.857 bits per heavy atom. The van der Waals surface area contributed by atoms with Gasteiger partial charge in [-0.1, -0.05) is 48.5 Å². The Kier molecular flexibility index (Phi) is 3.40. The van der Waals surface area contributed by atoms with Crippen molar-refractivity contribution in [3.63, 3.8) is 0 Å². The van der Waals surface area contributed by atoms with E-state index in [1.54, 1.807) is 6.08 Å². The fourth-order valence-electron chi connectivity index (χ4n) is 2.64. The normalized spacial score (nSPS) is 13.9. The van der Waals surface area contributed by atoms with Crippen LogP contribution in [0.3, 0.4) is 0 Å². The van der Waals surface area contributed by atoms with Crippen molar-refractivity contribution in [2.45, 2.75) is 0 Å². The minimum atomic E-state index is 0.250. The minimum Gasteiger partial charge on any atom is -0.504 e. The van der Waals surface area contributed by atoms with Gasteiger partial charge in [0.15, 0.2) is 11.6 Å². The highest BCUT2D eigenvalue weighted by Crippen LogP contribution is 2.40. The molecule has 0 aliphatic carbocycles. The van der Waals surface area contributed by atoms with Gasteiger partial charge in [0.05, 0.1) is 11.4 Å². The summed E-state index contributed by atoms with van der Waals surface area (Å²) in [7, 11) is 3.93. The molecule has 1 N–H and O–H groups in total. The van der Waals surface area contributed by atoms with E-state index in [9.17, 15) is 5.11 Å². The molecular weight excluding hydrogens is 260 g/mol. The fraction of sp³-hybridized carbons (Fsp3) is 0.111. The third kappa shape index (κ3) is 2.38. The van der Waals surface area contributed by atoms with Crippen molar-refractivity contribution in [1.29, 1.82) is 0 Å². The molecule has 1 aliphatic rings. The van der Waals surface area contributed by atoms with Crippen LogP contribution in [0.2, 0.25) is 0 Å². The molecule has 1 heterocycles. The van der Waals surface area contributed by atoms with Crippen molar-refractivity contribution < 1.29 is 5.11 Å². The molecular formula is C18H18N2O. The van der Waals surface area contributed by atoms with E-state index in [1.165, 1.54) is 0 Å². The number of fused-ring (bicyclic) bond motifs is 1. The lowest BCUT2D eigenvalue weighted by atomic mass is 10.2. The monoisotopic (exact) mass is 278 g/mol. The molecule has 0 radical (unpaired) electrons. The number of allylic oxidation sites excluding steroid dienone is 1. The van der Waals surface area contributed by atoms with Gasteiger partial charge in [0.1, 0.15) is 0 Å². The Morgan fingerprint density at radius 2 is 1.38 bits per heavy atom. The summed E-state index contributed by atoms with van der Waals surface area (Å²) < 4.78 is 0. The van der Waals surface area contributed by atoms with Crippen molar-refractivity contribution in [1.82, 2.24) is 0 Å². The first kappa shape index (κ1) is 13.3. The fourth-order valence-corrected chi connectivity index (χ4v) is 2.64. The zero-order valence-electron chi connectivity index (χ0n) is 12.2. The van der Waals surface area contributed by atoms with E-state index in [-0.39, 0.29) is 5.76 Å². The number of anilines is 2. The van der Waals surface area contributed by atoms with E-state index in [0.29, 0.717) is 0 Å². The van der Waals surface area contributed by atoms with Crippen LogP contribution in [0.25, 0.3) is 6.08 Å². The second kappa shape index (κ2) is 5.37. The molecule has 0 aromatic heterocycles. The van der Waals surface area contributed by atoms with Gasteiger partial charge in [-0.15, -0.1) is 0 Å². The number of hydrogen-bond donors (Lipinski definition) is 1. The molecule has 0 unspecified atom stereocenters. The van der Waals surface area contributed by atoms with E-state index in [0.717, 1.165) is 22.8 Å². The molecule has 0 amide bonds. The van der Waals surface area contributed by atoms with Gasteiger partial charge in [-0.25, -0.2) is 0 Å². The average Bonchev–Trinajstić information content (AvgIpc) is 2.78. The van der Waals surface area contributed by atoms with E-state index >= 15 is 0 Å². The van der Waals surface area contributed by atoms with Crippen LogP contribution in [0.4, 0.5) is 11.4 Å². The van der Waals surface area contributed by atoms with Gasteiger partial charge < -0.3 is 14.9 Å². The minimum absolute atomic E-state index is 0.250. The molecule has 0 saturated heterocycles. The van der Waals surface area contributed by atoms with Crippen LogP contribution in [0.15, 0.2) is 72.3 Å². The summed E-state index contributed by atoms with van der Waals surface area (Å²) in [5.74, 6) is 1.03. The Bertz CT molecular complexity index is 673. The summed E-state index contributed by atoms with van der Waals surface area (Å²) in [5.41, 5.74) is 3.25.